The van der Waals surface area contributed by atoms with Gasteiger partial charge in [0, 0.05) is 28.7 Å². The summed E-state index contributed by atoms with van der Waals surface area (Å²) in [6.45, 7) is 0. The summed E-state index contributed by atoms with van der Waals surface area (Å²) >= 11 is 0. The number of hydrogen-bond donors (Lipinski definition) is 5. The molecule has 5 rings (SSSR count). The van der Waals surface area contributed by atoms with Crippen molar-refractivity contribution in [2.45, 2.75) is 12.3 Å². The first kappa shape index (κ1) is 26.9. The number of rotatable bonds is 6. The van der Waals surface area contributed by atoms with E-state index in [1.807, 2.05) is 0 Å². The number of aromatic hydroxyl groups is 5. The van der Waals surface area contributed by atoms with E-state index in [0.29, 0.717) is 5.75 Å². The monoisotopic (exact) mass is 562 g/mol. The Morgan fingerprint density at radius 3 is 2.32 bits per heavy atom. The van der Waals surface area contributed by atoms with Gasteiger partial charge in [-0.2, -0.15) is 0 Å². The summed E-state index contributed by atoms with van der Waals surface area (Å²) in [5.74, 6) is -5.70. The summed E-state index contributed by atoms with van der Waals surface area (Å²) in [4.78, 5) is 39.5. The number of benzene rings is 3. The lowest BCUT2D eigenvalue weighted by Gasteiger charge is -2.20. The molecule has 12 nitrogen and oxygen atoms in total. The Kier molecular flexibility index (Phi) is 6.67. The van der Waals surface area contributed by atoms with Crippen LogP contribution in [0.25, 0.3) is 33.3 Å². The van der Waals surface area contributed by atoms with Crippen molar-refractivity contribution >= 4 is 27.9 Å². The molecule has 41 heavy (non-hydrogen) atoms. The third-order valence-corrected chi connectivity index (χ3v) is 6.70. The van der Waals surface area contributed by atoms with Crippen molar-refractivity contribution in [3.05, 3.63) is 80.3 Å². The van der Waals surface area contributed by atoms with E-state index in [1.165, 1.54) is 25.3 Å². The standard InChI is InChI=1S/C29H22O12/c1-38-13-4-6-21-15(8-13)25(35)16(11-40-21)14(9-22(34)39-2)23-19(32)10-20(33)24-26(36)27(37)28(41-29(23)24)12-3-5-17(30)18(31)7-12/h3-8,10-11,14,30-33,37H,9H2,1-2H3. The fourth-order valence-corrected chi connectivity index (χ4v) is 4.65. The van der Waals surface area contributed by atoms with Gasteiger partial charge in [-0.1, -0.05) is 0 Å². The maximum atomic E-state index is 13.7. The molecule has 1 atom stereocenters. The molecule has 0 spiro atoms. The second kappa shape index (κ2) is 10.2. The number of phenols is 4. The topological polar surface area (TPSA) is 197 Å². The molecule has 2 aromatic heterocycles. The van der Waals surface area contributed by atoms with Crippen molar-refractivity contribution in [2.75, 3.05) is 14.2 Å². The van der Waals surface area contributed by atoms with Crippen molar-refractivity contribution in [3.8, 4) is 45.8 Å². The maximum Gasteiger partial charge on any atom is 0.306 e. The van der Waals surface area contributed by atoms with Gasteiger partial charge in [-0.3, -0.25) is 14.4 Å². The molecule has 0 aliphatic heterocycles. The van der Waals surface area contributed by atoms with Crippen LogP contribution >= 0.6 is 0 Å². The number of ether oxygens (including phenoxy) is 2. The van der Waals surface area contributed by atoms with E-state index in [-0.39, 0.29) is 27.7 Å². The van der Waals surface area contributed by atoms with E-state index in [1.54, 1.807) is 6.07 Å². The molecule has 0 bridgehead atoms. The van der Waals surface area contributed by atoms with Crippen LogP contribution in [0.4, 0.5) is 0 Å². The second-order valence-electron chi connectivity index (χ2n) is 9.06. The normalized spacial score (nSPS) is 12.0. The van der Waals surface area contributed by atoms with Crippen molar-refractivity contribution in [1.82, 2.24) is 0 Å². The van der Waals surface area contributed by atoms with E-state index in [2.05, 4.69) is 0 Å². The quantitative estimate of drug-likeness (QED) is 0.148. The lowest BCUT2D eigenvalue weighted by Crippen LogP contribution is -2.19. The first-order valence-electron chi connectivity index (χ1n) is 12.0. The fraction of sp³-hybridized carbons (Fsp3) is 0.138. The molecule has 0 amide bonds. The minimum absolute atomic E-state index is 0.0487. The fourth-order valence-electron chi connectivity index (χ4n) is 4.65. The molecule has 5 aromatic rings. The SMILES string of the molecule is COC(=O)CC(c1coc2ccc(OC)cc2c1=O)c1c(O)cc(O)c2c(=O)c(O)c(-c3ccc(O)c(O)c3)oc12. The highest BCUT2D eigenvalue weighted by molar-refractivity contribution is 5.92. The Morgan fingerprint density at radius 2 is 1.63 bits per heavy atom. The summed E-state index contributed by atoms with van der Waals surface area (Å²) in [6.07, 6.45) is 0.560. The highest BCUT2D eigenvalue weighted by atomic mass is 16.5. The van der Waals surface area contributed by atoms with Crippen LogP contribution in [0.15, 0.2) is 67.2 Å². The van der Waals surface area contributed by atoms with Gasteiger partial charge >= 0.3 is 5.97 Å². The van der Waals surface area contributed by atoms with Gasteiger partial charge in [0.25, 0.3) is 0 Å². The summed E-state index contributed by atoms with van der Waals surface area (Å²) in [7, 11) is 2.53. The van der Waals surface area contributed by atoms with Gasteiger partial charge in [-0.15, -0.1) is 0 Å². The third-order valence-electron chi connectivity index (χ3n) is 6.70. The second-order valence-corrected chi connectivity index (χ2v) is 9.06. The Bertz CT molecular complexity index is 1970. The zero-order valence-corrected chi connectivity index (χ0v) is 21.5. The Labute approximate surface area is 229 Å². The first-order chi connectivity index (χ1) is 19.5. The highest BCUT2D eigenvalue weighted by Crippen LogP contribution is 2.44. The molecule has 210 valence electrons. The number of fused-ring (bicyclic) bond motifs is 2. The van der Waals surface area contributed by atoms with Crippen LogP contribution in [-0.4, -0.2) is 45.7 Å². The molecule has 12 heteroatoms. The smallest absolute Gasteiger partial charge is 0.306 e. The van der Waals surface area contributed by atoms with E-state index in [9.17, 15) is 39.9 Å². The van der Waals surface area contributed by atoms with Gasteiger partial charge in [0.1, 0.15) is 33.8 Å². The Balaban J connectivity index is 1.87. The zero-order chi connectivity index (χ0) is 29.6. The molecular formula is C29H22O12. The van der Waals surface area contributed by atoms with Gasteiger partial charge in [-0.05, 0) is 36.4 Å². The number of hydrogen-bond acceptors (Lipinski definition) is 12. The first-order valence-corrected chi connectivity index (χ1v) is 12.0. The highest BCUT2D eigenvalue weighted by Gasteiger charge is 2.32. The molecule has 0 aliphatic carbocycles. The summed E-state index contributed by atoms with van der Waals surface area (Å²) in [6, 6.07) is 8.68. The summed E-state index contributed by atoms with van der Waals surface area (Å²) < 4.78 is 21.5. The molecule has 0 aliphatic rings. The van der Waals surface area contributed by atoms with Gasteiger partial charge in [0.15, 0.2) is 22.7 Å². The van der Waals surface area contributed by atoms with Crippen LogP contribution in [0.3, 0.4) is 0 Å². The molecule has 0 radical (unpaired) electrons. The van der Waals surface area contributed by atoms with Crippen LogP contribution in [0.1, 0.15) is 23.5 Å². The Hall–Kier alpha value is -5.65. The lowest BCUT2D eigenvalue weighted by molar-refractivity contribution is -0.140. The van der Waals surface area contributed by atoms with Crippen LogP contribution in [0, 0.1) is 0 Å². The minimum atomic E-state index is -1.34. The maximum absolute atomic E-state index is 13.7. The van der Waals surface area contributed by atoms with E-state index in [4.69, 9.17) is 18.3 Å². The molecule has 0 saturated heterocycles. The van der Waals surface area contributed by atoms with Gasteiger partial charge in [0.05, 0.1) is 32.3 Å². The molecule has 0 saturated carbocycles. The number of phenolic OH excluding ortho intramolecular Hbond substituents is 4. The van der Waals surface area contributed by atoms with Crippen LogP contribution in [0.5, 0.6) is 34.5 Å². The number of carbonyl (C=O) groups excluding carboxylic acids is 1. The number of esters is 1. The lowest BCUT2D eigenvalue weighted by atomic mass is 9.86. The molecule has 1 unspecified atom stereocenters. The van der Waals surface area contributed by atoms with Crippen LogP contribution in [-0.2, 0) is 9.53 Å². The van der Waals surface area contributed by atoms with Gasteiger partial charge in [0.2, 0.25) is 11.2 Å². The van der Waals surface area contributed by atoms with Crippen molar-refractivity contribution < 1.29 is 48.6 Å². The van der Waals surface area contributed by atoms with Crippen LogP contribution in [0.2, 0.25) is 0 Å². The van der Waals surface area contributed by atoms with E-state index in [0.717, 1.165) is 31.6 Å². The van der Waals surface area contributed by atoms with Gasteiger partial charge in [-0.25, -0.2) is 0 Å². The molecule has 3 aromatic carbocycles. The van der Waals surface area contributed by atoms with E-state index < -0.39 is 74.6 Å². The predicted octanol–water partition coefficient (Wildman–Crippen LogP) is 3.80. The minimum Gasteiger partial charge on any atom is -0.507 e. The predicted molar refractivity (Wildman–Crippen MR) is 144 cm³/mol. The zero-order valence-electron chi connectivity index (χ0n) is 21.5. The molecular weight excluding hydrogens is 540 g/mol. The van der Waals surface area contributed by atoms with Crippen molar-refractivity contribution in [2.24, 2.45) is 0 Å². The largest absolute Gasteiger partial charge is 0.507 e. The number of methoxy groups -OCH3 is 2. The average Bonchev–Trinajstić information content (AvgIpc) is 2.95. The summed E-state index contributed by atoms with van der Waals surface area (Å²) in [5, 5.41) is 51.5. The average molecular weight is 562 g/mol. The molecule has 0 fully saturated rings. The van der Waals surface area contributed by atoms with Crippen LogP contribution < -0.4 is 15.6 Å². The third kappa shape index (κ3) is 4.50. The van der Waals surface area contributed by atoms with Crippen molar-refractivity contribution in [3.63, 3.8) is 0 Å². The summed E-state index contributed by atoms with van der Waals surface area (Å²) in [5.41, 5.74) is -2.40. The van der Waals surface area contributed by atoms with Gasteiger partial charge < -0.3 is 43.8 Å². The van der Waals surface area contributed by atoms with E-state index >= 15 is 0 Å². The van der Waals surface area contributed by atoms with Crippen molar-refractivity contribution in [1.29, 1.82) is 0 Å². The number of carbonyl (C=O) groups is 1. The molecule has 2 heterocycles. The Morgan fingerprint density at radius 1 is 0.878 bits per heavy atom. The molecule has 5 N–H and O–H groups in total.